The number of fused-ring (bicyclic) bond motifs is 1. The summed E-state index contributed by atoms with van der Waals surface area (Å²) in [7, 11) is 0. The van der Waals surface area contributed by atoms with Crippen molar-refractivity contribution in [2.24, 2.45) is 5.92 Å². The molecule has 0 N–H and O–H groups in total. The molecule has 0 aromatic heterocycles. The van der Waals surface area contributed by atoms with Crippen molar-refractivity contribution in [3.63, 3.8) is 0 Å². The summed E-state index contributed by atoms with van der Waals surface area (Å²) in [5.41, 5.74) is 2.09. The van der Waals surface area contributed by atoms with Crippen LogP contribution in [0.2, 0.25) is 0 Å². The SMILES string of the molecule is CCOC(=O)C(C#N)C1C=Cc2ccccc21. The third-order valence-electron chi connectivity index (χ3n) is 2.88. The molecule has 1 aromatic carbocycles. The molecule has 0 spiro atoms. The van der Waals surface area contributed by atoms with Crippen molar-refractivity contribution >= 4 is 12.0 Å². The fraction of sp³-hybridized carbons (Fsp3) is 0.286. The van der Waals surface area contributed by atoms with Gasteiger partial charge in [0.15, 0.2) is 5.92 Å². The highest BCUT2D eigenvalue weighted by atomic mass is 16.5. The molecule has 0 bridgehead atoms. The van der Waals surface area contributed by atoms with Crippen molar-refractivity contribution in [1.29, 1.82) is 5.26 Å². The minimum atomic E-state index is -0.755. The molecule has 2 rings (SSSR count). The number of carbonyl (C=O) groups excluding carboxylic acids is 1. The van der Waals surface area contributed by atoms with E-state index in [-0.39, 0.29) is 5.92 Å². The Kier molecular flexibility index (Phi) is 3.24. The molecule has 0 heterocycles. The summed E-state index contributed by atoms with van der Waals surface area (Å²) in [6.45, 7) is 2.04. The smallest absolute Gasteiger partial charge is 0.324 e. The Balaban J connectivity index is 2.27. The molecule has 3 heteroatoms. The second-order valence-corrected chi connectivity index (χ2v) is 3.87. The Bertz CT molecular complexity index is 499. The average molecular weight is 227 g/mol. The van der Waals surface area contributed by atoms with Crippen molar-refractivity contribution in [3.8, 4) is 6.07 Å². The predicted octanol–water partition coefficient (Wildman–Crippen LogP) is 2.50. The van der Waals surface area contributed by atoms with Crippen LogP contribution in [0.15, 0.2) is 30.3 Å². The molecule has 86 valence electrons. The van der Waals surface area contributed by atoms with Crippen LogP contribution in [0.25, 0.3) is 6.08 Å². The molecule has 1 aliphatic carbocycles. The van der Waals surface area contributed by atoms with Gasteiger partial charge in [0.2, 0.25) is 0 Å². The number of allylic oxidation sites excluding steroid dienone is 1. The number of nitrogens with zero attached hydrogens (tertiary/aromatic N) is 1. The fourth-order valence-corrected chi connectivity index (χ4v) is 2.08. The van der Waals surface area contributed by atoms with Gasteiger partial charge in [0, 0.05) is 5.92 Å². The fourth-order valence-electron chi connectivity index (χ4n) is 2.08. The van der Waals surface area contributed by atoms with E-state index in [0.29, 0.717) is 6.61 Å². The molecule has 2 unspecified atom stereocenters. The lowest BCUT2D eigenvalue weighted by atomic mass is 9.88. The highest BCUT2D eigenvalue weighted by Crippen LogP contribution is 2.35. The van der Waals surface area contributed by atoms with E-state index in [1.54, 1.807) is 6.92 Å². The minimum absolute atomic E-state index is 0.185. The molecule has 0 amide bonds. The summed E-state index contributed by atoms with van der Waals surface area (Å²) >= 11 is 0. The maximum atomic E-state index is 11.7. The van der Waals surface area contributed by atoms with Crippen molar-refractivity contribution < 1.29 is 9.53 Å². The summed E-state index contributed by atoms with van der Waals surface area (Å²) in [5.74, 6) is -1.38. The van der Waals surface area contributed by atoms with E-state index >= 15 is 0 Å². The van der Waals surface area contributed by atoms with Gasteiger partial charge < -0.3 is 4.74 Å². The zero-order valence-electron chi connectivity index (χ0n) is 9.59. The predicted molar refractivity (Wildman–Crippen MR) is 64.0 cm³/mol. The van der Waals surface area contributed by atoms with Crippen LogP contribution in [0.5, 0.6) is 0 Å². The van der Waals surface area contributed by atoms with Crippen molar-refractivity contribution in [3.05, 3.63) is 41.5 Å². The Hall–Kier alpha value is -2.08. The maximum absolute atomic E-state index is 11.7. The number of benzene rings is 1. The van der Waals surface area contributed by atoms with Crippen LogP contribution < -0.4 is 0 Å². The second-order valence-electron chi connectivity index (χ2n) is 3.87. The molecule has 1 aromatic rings. The summed E-state index contributed by atoms with van der Waals surface area (Å²) in [4.78, 5) is 11.7. The number of esters is 1. The van der Waals surface area contributed by atoms with Gasteiger partial charge in [0.05, 0.1) is 12.7 Å². The topological polar surface area (TPSA) is 50.1 Å². The van der Waals surface area contributed by atoms with E-state index in [2.05, 4.69) is 0 Å². The maximum Gasteiger partial charge on any atom is 0.324 e. The number of nitriles is 1. The van der Waals surface area contributed by atoms with Crippen LogP contribution in [0.1, 0.15) is 24.0 Å². The normalized spacial score (nSPS) is 18.2. The molecular formula is C14H13NO2. The van der Waals surface area contributed by atoms with Crippen molar-refractivity contribution in [1.82, 2.24) is 0 Å². The highest BCUT2D eigenvalue weighted by molar-refractivity contribution is 5.79. The van der Waals surface area contributed by atoms with Crippen LogP contribution in [0.4, 0.5) is 0 Å². The first-order chi connectivity index (χ1) is 8.27. The van der Waals surface area contributed by atoms with Gasteiger partial charge >= 0.3 is 5.97 Å². The first-order valence-corrected chi connectivity index (χ1v) is 5.61. The molecule has 0 radical (unpaired) electrons. The minimum Gasteiger partial charge on any atom is -0.465 e. The summed E-state index contributed by atoms with van der Waals surface area (Å²) in [6, 6.07) is 9.83. The standard InChI is InChI=1S/C14H13NO2/c1-2-17-14(16)13(9-15)12-8-7-10-5-3-4-6-11(10)12/h3-8,12-13H,2H2,1H3. The number of hydrogen-bond donors (Lipinski definition) is 0. The van der Waals surface area contributed by atoms with Gasteiger partial charge in [-0.25, -0.2) is 0 Å². The molecule has 2 atom stereocenters. The lowest BCUT2D eigenvalue weighted by Crippen LogP contribution is -2.21. The summed E-state index contributed by atoms with van der Waals surface area (Å²) < 4.78 is 4.93. The molecule has 0 fully saturated rings. The molecule has 0 saturated heterocycles. The lowest BCUT2D eigenvalue weighted by Gasteiger charge is -2.15. The van der Waals surface area contributed by atoms with Gasteiger partial charge in [-0.1, -0.05) is 36.4 Å². The third kappa shape index (κ3) is 2.07. The number of hydrogen-bond acceptors (Lipinski definition) is 3. The highest BCUT2D eigenvalue weighted by Gasteiger charge is 2.32. The van der Waals surface area contributed by atoms with Gasteiger partial charge in [0.25, 0.3) is 0 Å². The monoisotopic (exact) mass is 227 g/mol. The van der Waals surface area contributed by atoms with E-state index in [1.807, 2.05) is 42.5 Å². The molecule has 17 heavy (non-hydrogen) atoms. The van der Waals surface area contributed by atoms with E-state index < -0.39 is 11.9 Å². The van der Waals surface area contributed by atoms with Gasteiger partial charge in [-0.15, -0.1) is 0 Å². The Labute approximate surface area is 100 Å². The summed E-state index contributed by atoms with van der Waals surface area (Å²) in [5, 5.41) is 9.12. The number of ether oxygens (including phenoxy) is 1. The lowest BCUT2D eigenvalue weighted by molar-refractivity contribution is -0.146. The van der Waals surface area contributed by atoms with Crippen LogP contribution in [0, 0.1) is 17.2 Å². The van der Waals surface area contributed by atoms with Gasteiger partial charge in [-0.2, -0.15) is 5.26 Å². The van der Waals surface area contributed by atoms with Gasteiger partial charge in [-0.3, -0.25) is 4.79 Å². The van der Waals surface area contributed by atoms with E-state index in [4.69, 9.17) is 10.00 Å². The summed E-state index contributed by atoms with van der Waals surface area (Å²) in [6.07, 6.45) is 3.85. The Morgan fingerprint density at radius 2 is 2.29 bits per heavy atom. The van der Waals surface area contributed by atoms with Gasteiger partial charge in [-0.05, 0) is 18.1 Å². The van der Waals surface area contributed by atoms with Crippen LogP contribution in [-0.2, 0) is 9.53 Å². The Morgan fingerprint density at radius 3 is 3.00 bits per heavy atom. The van der Waals surface area contributed by atoms with Crippen LogP contribution >= 0.6 is 0 Å². The number of carbonyl (C=O) groups is 1. The number of rotatable bonds is 3. The van der Waals surface area contributed by atoms with E-state index in [9.17, 15) is 4.79 Å². The zero-order valence-corrected chi connectivity index (χ0v) is 9.59. The molecule has 3 nitrogen and oxygen atoms in total. The third-order valence-corrected chi connectivity index (χ3v) is 2.88. The quantitative estimate of drug-likeness (QED) is 0.745. The zero-order chi connectivity index (χ0) is 12.3. The van der Waals surface area contributed by atoms with Crippen LogP contribution in [0.3, 0.4) is 0 Å². The molecule has 0 aliphatic heterocycles. The van der Waals surface area contributed by atoms with Crippen molar-refractivity contribution in [2.45, 2.75) is 12.8 Å². The first kappa shape index (κ1) is 11.4. The Morgan fingerprint density at radius 1 is 1.53 bits per heavy atom. The van der Waals surface area contributed by atoms with E-state index in [0.717, 1.165) is 11.1 Å². The molecule has 1 aliphatic rings. The second kappa shape index (κ2) is 4.84. The van der Waals surface area contributed by atoms with Gasteiger partial charge in [0.1, 0.15) is 0 Å². The van der Waals surface area contributed by atoms with E-state index in [1.165, 1.54) is 0 Å². The van der Waals surface area contributed by atoms with Crippen molar-refractivity contribution in [2.75, 3.05) is 6.61 Å². The average Bonchev–Trinajstić information content (AvgIpc) is 2.75. The first-order valence-electron chi connectivity index (χ1n) is 5.61. The largest absolute Gasteiger partial charge is 0.465 e. The molecular weight excluding hydrogens is 214 g/mol. The van der Waals surface area contributed by atoms with Crippen LogP contribution in [-0.4, -0.2) is 12.6 Å². The molecule has 0 saturated carbocycles.